The molecule has 0 radical (unpaired) electrons. The third-order valence-corrected chi connectivity index (χ3v) is 5.59. The van der Waals surface area contributed by atoms with Crippen LogP contribution in [0, 0.1) is 0 Å². The van der Waals surface area contributed by atoms with Gasteiger partial charge >= 0.3 is 0 Å². The standard InChI is InChI=1S/C25H35NO5/c1-19(30)26-25(17-28,18-29)16-24(31)23-13-11-22(12-14-23)10-9-21-7-5-20(6-8-21)4-2-3-15-27/h5-8,11-14,24,27-29,31H,2-4,9-10,15-18H2,1H3,(H,26,30). The molecule has 0 spiro atoms. The first-order valence-corrected chi connectivity index (χ1v) is 10.9. The molecule has 0 aliphatic rings. The molecule has 1 amide bonds. The molecule has 0 aliphatic carbocycles. The molecule has 2 aromatic carbocycles. The van der Waals surface area contributed by atoms with Crippen molar-refractivity contribution in [2.24, 2.45) is 0 Å². The zero-order chi connectivity index (χ0) is 22.7. The molecule has 2 rings (SSSR count). The summed E-state index contributed by atoms with van der Waals surface area (Å²) in [6, 6.07) is 16.2. The molecular weight excluding hydrogens is 394 g/mol. The van der Waals surface area contributed by atoms with Crippen molar-refractivity contribution in [2.75, 3.05) is 19.8 Å². The van der Waals surface area contributed by atoms with Gasteiger partial charge in [-0.05, 0) is 54.4 Å². The van der Waals surface area contributed by atoms with Crippen LogP contribution in [0.25, 0.3) is 0 Å². The van der Waals surface area contributed by atoms with Crippen molar-refractivity contribution in [3.63, 3.8) is 0 Å². The van der Waals surface area contributed by atoms with Crippen molar-refractivity contribution in [1.29, 1.82) is 0 Å². The van der Waals surface area contributed by atoms with Crippen molar-refractivity contribution in [2.45, 2.75) is 57.1 Å². The fourth-order valence-electron chi connectivity index (χ4n) is 3.68. The van der Waals surface area contributed by atoms with Gasteiger partial charge in [-0.25, -0.2) is 0 Å². The van der Waals surface area contributed by atoms with Crippen molar-refractivity contribution in [3.8, 4) is 0 Å². The van der Waals surface area contributed by atoms with E-state index in [1.54, 1.807) is 0 Å². The lowest BCUT2D eigenvalue weighted by atomic mass is 9.90. The molecule has 5 N–H and O–H groups in total. The minimum Gasteiger partial charge on any atom is -0.396 e. The molecule has 1 unspecified atom stereocenters. The van der Waals surface area contributed by atoms with Gasteiger partial charge in [-0.1, -0.05) is 48.5 Å². The fourth-order valence-corrected chi connectivity index (χ4v) is 3.68. The third-order valence-electron chi connectivity index (χ3n) is 5.59. The van der Waals surface area contributed by atoms with E-state index in [0.29, 0.717) is 5.56 Å². The summed E-state index contributed by atoms with van der Waals surface area (Å²) >= 11 is 0. The number of hydrogen-bond acceptors (Lipinski definition) is 5. The Hall–Kier alpha value is -2.25. The highest BCUT2D eigenvalue weighted by Gasteiger charge is 2.32. The van der Waals surface area contributed by atoms with Gasteiger partial charge in [-0.3, -0.25) is 4.79 Å². The largest absolute Gasteiger partial charge is 0.396 e. The average Bonchev–Trinajstić information content (AvgIpc) is 2.78. The number of aryl methyl sites for hydroxylation is 3. The molecule has 0 saturated carbocycles. The van der Waals surface area contributed by atoms with E-state index < -0.39 is 24.9 Å². The molecule has 1 atom stereocenters. The van der Waals surface area contributed by atoms with Crippen LogP contribution < -0.4 is 5.32 Å². The quantitative estimate of drug-likeness (QED) is 0.313. The van der Waals surface area contributed by atoms with Crippen LogP contribution >= 0.6 is 0 Å². The molecule has 0 fully saturated rings. The highest BCUT2D eigenvalue weighted by atomic mass is 16.3. The Kier molecular flexibility index (Phi) is 10.1. The highest BCUT2D eigenvalue weighted by Crippen LogP contribution is 2.25. The lowest BCUT2D eigenvalue weighted by Gasteiger charge is -2.32. The van der Waals surface area contributed by atoms with Crippen LogP contribution in [0.2, 0.25) is 0 Å². The van der Waals surface area contributed by atoms with Gasteiger partial charge in [-0.2, -0.15) is 0 Å². The number of carbonyl (C=O) groups excluding carboxylic acids is 1. The summed E-state index contributed by atoms with van der Waals surface area (Å²) in [4.78, 5) is 11.4. The molecule has 31 heavy (non-hydrogen) atoms. The van der Waals surface area contributed by atoms with Gasteiger partial charge in [0.2, 0.25) is 5.91 Å². The topological polar surface area (TPSA) is 110 Å². The van der Waals surface area contributed by atoms with Gasteiger partial charge in [0, 0.05) is 20.0 Å². The van der Waals surface area contributed by atoms with E-state index in [4.69, 9.17) is 5.11 Å². The van der Waals surface area contributed by atoms with Crippen molar-refractivity contribution < 1.29 is 25.2 Å². The second-order valence-corrected chi connectivity index (χ2v) is 8.24. The van der Waals surface area contributed by atoms with Crippen LogP contribution in [0.15, 0.2) is 48.5 Å². The summed E-state index contributed by atoms with van der Waals surface area (Å²) in [6.07, 6.45) is 3.71. The summed E-state index contributed by atoms with van der Waals surface area (Å²) in [5.41, 5.74) is 3.12. The Morgan fingerprint density at radius 3 is 1.77 bits per heavy atom. The number of unbranched alkanes of at least 4 members (excludes halogenated alkanes) is 1. The van der Waals surface area contributed by atoms with E-state index in [1.807, 2.05) is 24.3 Å². The molecule has 0 heterocycles. The van der Waals surface area contributed by atoms with E-state index in [2.05, 4.69) is 29.6 Å². The van der Waals surface area contributed by atoms with E-state index in [1.165, 1.54) is 18.1 Å². The predicted octanol–water partition coefficient (Wildman–Crippen LogP) is 2.07. The van der Waals surface area contributed by atoms with E-state index in [9.17, 15) is 20.1 Å². The maximum absolute atomic E-state index is 11.4. The highest BCUT2D eigenvalue weighted by molar-refractivity contribution is 5.73. The fraction of sp³-hybridized carbons (Fsp3) is 0.480. The van der Waals surface area contributed by atoms with Crippen LogP contribution in [0.4, 0.5) is 0 Å². The van der Waals surface area contributed by atoms with Crippen molar-refractivity contribution in [3.05, 3.63) is 70.8 Å². The number of aliphatic hydroxyl groups is 4. The molecule has 0 saturated heterocycles. The van der Waals surface area contributed by atoms with E-state index in [-0.39, 0.29) is 18.9 Å². The number of nitrogens with one attached hydrogen (secondary N) is 1. The Labute approximate surface area is 184 Å². The Bertz CT molecular complexity index is 785. The maximum atomic E-state index is 11.4. The lowest BCUT2D eigenvalue weighted by Crippen LogP contribution is -2.54. The van der Waals surface area contributed by atoms with Gasteiger partial charge in [0.1, 0.15) is 0 Å². The lowest BCUT2D eigenvalue weighted by molar-refractivity contribution is -0.122. The first-order valence-electron chi connectivity index (χ1n) is 10.9. The predicted molar refractivity (Wildman–Crippen MR) is 121 cm³/mol. The first-order chi connectivity index (χ1) is 14.9. The summed E-state index contributed by atoms with van der Waals surface area (Å²) in [5.74, 6) is -0.371. The number of rotatable bonds is 13. The van der Waals surface area contributed by atoms with E-state index in [0.717, 1.165) is 37.7 Å². The SMILES string of the molecule is CC(=O)NC(CO)(CO)CC(O)c1ccc(CCc2ccc(CCCCO)cc2)cc1. The third kappa shape index (κ3) is 8.07. The molecule has 6 heteroatoms. The maximum Gasteiger partial charge on any atom is 0.217 e. The van der Waals surface area contributed by atoms with Crippen molar-refractivity contribution in [1.82, 2.24) is 5.32 Å². The van der Waals surface area contributed by atoms with Gasteiger partial charge in [0.15, 0.2) is 0 Å². The minimum atomic E-state index is -1.26. The number of hydrogen-bond donors (Lipinski definition) is 5. The monoisotopic (exact) mass is 429 g/mol. The van der Waals surface area contributed by atoms with Gasteiger partial charge in [-0.15, -0.1) is 0 Å². The summed E-state index contributed by atoms with van der Waals surface area (Å²) in [6.45, 7) is 0.635. The second-order valence-electron chi connectivity index (χ2n) is 8.24. The molecule has 6 nitrogen and oxygen atoms in total. The minimum absolute atomic E-state index is 0.0174. The summed E-state index contributed by atoms with van der Waals surface area (Å²) in [5, 5.41) is 41.2. The van der Waals surface area contributed by atoms with Gasteiger partial charge in [0.05, 0.1) is 24.9 Å². The zero-order valence-electron chi connectivity index (χ0n) is 18.3. The smallest absolute Gasteiger partial charge is 0.217 e. The second kappa shape index (κ2) is 12.6. The van der Waals surface area contributed by atoms with E-state index >= 15 is 0 Å². The molecule has 2 aromatic rings. The molecule has 0 bridgehead atoms. The van der Waals surface area contributed by atoms with Crippen molar-refractivity contribution >= 4 is 5.91 Å². The van der Waals surface area contributed by atoms with Crippen LogP contribution in [0.1, 0.15) is 54.5 Å². The first kappa shape index (κ1) is 25.0. The summed E-state index contributed by atoms with van der Waals surface area (Å²) < 4.78 is 0. The number of carbonyl (C=O) groups is 1. The van der Waals surface area contributed by atoms with Gasteiger partial charge in [0.25, 0.3) is 0 Å². The van der Waals surface area contributed by atoms with Crippen LogP contribution in [0.5, 0.6) is 0 Å². The zero-order valence-corrected chi connectivity index (χ0v) is 18.3. The molecule has 0 aliphatic heterocycles. The Balaban J connectivity index is 1.90. The Morgan fingerprint density at radius 2 is 1.32 bits per heavy atom. The van der Waals surface area contributed by atoms with Gasteiger partial charge < -0.3 is 25.7 Å². The normalized spacial score (nSPS) is 12.5. The number of aliphatic hydroxyl groups excluding tert-OH is 4. The van der Waals surface area contributed by atoms with Crippen LogP contribution in [-0.2, 0) is 24.1 Å². The average molecular weight is 430 g/mol. The molecule has 170 valence electrons. The number of amides is 1. The molecule has 0 aromatic heterocycles. The molecular formula is C25H35NO5. The Morgan fingerprint density at radius 1 is 0.839 bits per heavy atom. The van der Waals surface area contributed by atoms with Crippen LogP contribution in [-0.4, -0.2) is 51.7 Å². The summed E-state index contributed by atoms with van der Waals surface area (Å²) in [7, 11) is 0. The van der Waals surface area contributed by atoms with Crippen LogP contribution in [0.3, 0.4) is 0 Å². The number of benzene rings is 2.